The van der Waals surface area contributed by atoms with Gasteiger partial charge in [-0.3, -0.25) is 14.6 Å². The summed E-state index contributed by atoms with van der Waals surface area (Å²) in [5, 5.41) is 10.0. The van der Waals surface area contributed by atoms with Gasteiger partial charge < -0.3 is 9.53 Å². The zero-order chi connectivity index (χ0) is 25.9. The Labute approximate surface area is 213 Å². The summed E-state index contributed by atoms with van der Waals surface area (Å²) in [7, 11) is -0.988. The maximum atomic E-state index is 13.8. The molecule has 0 aliphatic heterocycles. The number of nitrogens with zero attached hydrogens (tertiary/aromatic N) is 1. The van der Waals surface area contributed by atoms with Crippen LogP contribution in [0, 0.1) is 5.82 Å². The summed E-state index contributed by atoms with van der Waals surface area (Å²) in [6.45, 7) is 6.30. The van der Waals surface area contributed by atoms with Crippen LogP contribution in [0.2, 0.25) is 5.04 Å². The van der Waals surface area contributed by atoms with Gasteiger partial charge in [-0.2, -0.15) is 0 Å². The summed E-state index contributed by atoms with van der Waals surface area (Å²) in [5.74, 6) is -1.44. The van der Waals surface area contributed by atoms with Gasteiger partial charge in [0.05, 0.1) is 17.3 Å². The quantitative estimate of drug-likeness (QED) is 0.268. The molecule has 0 amide bonds. The number of rotatable bonds is 10. The number of halogens is 1. The lowest BCUT2D eigenvalue weighted by molar-refractivity contribution is -0.140. The first kappa shape index (κ1) is 25.9. The Morgan fingerprint density at radius 3 is 2.50 bits per heavy atom. The molecule has 0 unspecified atom stereocenters. The third-order valence-electron chi connectivity index (χ3n) is 6.04. The van der Waals surface area contributed by atoms with Crippen LogP contribution in [0.3, 0.4) is 0 Å². The molecule has 2 aromatic carbocycles. The molecule has 36 heavy (non-hydrogen) atoms. The van der Waals surface area contributed by atoms with Gasteiger partial charge in [0.2, 0.25) is 0 Å². The first-order valence-electron chi connectivity index (χ1n) is 12.3. The van der Waals surface area contributed by atoms with Crippen LogP contribution < -0.4 is 0 Å². The highest BCUT2D eigenvalue weighted by Gasteiger charge is 2.30. The monoisotopic (exact) mass is 505 g/mol. The van der Waals surface area contributed by atoms with Crippen molar-refractivity contribution in [2.45, 2.75) is 63.5 Å². The number of carbonyl (C=O) groups excluding carboxylic acids is 1. The average molecular weight is 506 g/mol. The number of carboxylic acids is 1. The first-order valence-corrected chi connectivity index (χ1v) is 13.6. The highest BCUT2D eigenvalue weighted by Crippen LogP contribution is 2.45. The van der Waals surface area contributed by atoms with Gasteiger partial charge in [-0.25, -0.2) is 4.39 Å². The van der Waals surface area contributed by atoms with Crippen molar-refractivity contribution in [2.75, 3.05) is 0 Å². The van der Waals surface area contributed by atoms with E-state index in [1.165, 1.54) is 12.1 Å². The molecule has 7 heteroatoms. The first-order chi connectivity index (χ1) is 17.1. The summed E-state index contributed by atoms with van der Waals surface area (Å²) >= 11 is 0. The molecule has 4 rings (SSSR count). The maximum absolute atomic E-state index is 13.8. The van der Waals surface area contributed by atoms with Crippen molar-refractivity contribution >= 4 is 38.5 Å². The van der Waals surface area contributed by atoms with E-state index in [-0.39, 0.29) is 23.1 Å². The van der Waals surface area contributed by atoms with E-state index in [4.69, 9.17) is 14.5 Å². The number of ketones is 1. The predicted octanol–water partition coefficient (Wildman–Crippen LogP) is 6.05. The van der Waals surface area contributed by atoms with Gasteiger partial charge in [-0.05, 0) is 41.6 Å². The lowest BCUT2D eigenvalue weighted by Gasteiger charge is -2.22. The van der Waals surface area contributed by atoms with E-state index in [2.05, 4.69) is 20.8 Å². The van der Waals surface area contributed by atoms with E-state index >= 15 is 0 Å². The third-order valence-corrected chi connectivity index (χ3v) is 7.50. The van der Waals surface area contributed by atoms with E-state index in [0.717, 1.165) is 46.1 Å². The number of Topliss-reactive ketones (excluding diaryl/α,β-unsaturated/α-hetero) is 1. The second-order valence-electron chi connectivity index (χ2n) is 10.7. The molecule has 1 N–H and O–H groups in total. The number of benzene rings is 2. The molecule has 1 atom stereocenters. The molecule has 188 valence electrons. The standard InChI is InChI=1S/C29H32FNO4Si/c1-29(2,3)36-35-22(16-21(32)17-26(33)34)14-15-24-27(18-10-12-20(30)13-11-18)23-6-4-5-7-25(23)31-28(24)19-8-9-19/h4-7,10-15,19,22H,8-9,16-17,36H2,1-3H3,(H,33,34)/t22-/m1/s1. The fourth-order valence-corrected chi connectivity index (χ4v) is 5.16. The molecular formula is C29H32FNO4Si. The summed E-state index contributed by atoms with van der Waals surface area (Å²) in [6.07, 6.45) is 4.95. The van der Waals surface area contributed by atoms with Crippen LogP contribution in [0.25, 0.3) is 28.1 Å². The van der Waals surface area contributed by atoms with E-state index in [1.54, 1.807) is 12.1 Å². The van der Waals surface area contributed by atoms with Crippen LogP contribution in [0.4, 0.5) is 4.39 Å². The van der Waals surface area contributed by atoms with E-state index < -0.39 is 28.3 Å². The minimum Gasteiger partial charge on any atom is -0.481 e. The molecule has 1 fully saturated rings. The van der Waals surface area contributed by atoms with Crippen molar-refractivity contribution in [3.05, 3.63) is 71.7 Å². The van der Waals surface area contributed by atoms with E-state index in [1.807, 2.05) is 36.4 Å². The van der Waals surface area contributed by atoms with Gasteiger partial charge in [-0.1, -0.05) is 63.3 Å². The molecule has 5 nitrogen and oxygen atoms in total. The topological polar surface area (TPSA) is 76.5 Å². The van der Waals surface area contributed by atoms with Gasteiger partial charge in [-0.15, -0.1) is 0 Å². The summed E-state index contributed by atoms with van der Waals surface area (Å²) in [5.41, 5.74) is 4.69. The molecule has 1 aliphatic carbocycles. The fourth-order valence-electron chi connectivity index (χ4n) is 4.22. The van der Waals surface area contributed by atoms with E-state index in [0.29, 0.717) is 5.92 Å². The number of aliphatic carboxylic acids is 1. The second kappa shape index (κ2) is 10.8. The van der Waals surface area contributed by atoms with Crippen molar-refractivity contribution in [1.82, 2.24) is 4.98 Å². The van der Waals surface area contributed by atoms with Gasteiger partial charge in [0.1, 0.15) is 18.0 Å². The molecular weight excluding hydrogens is 473 g/mol. The van der Waals surface area contributed by atoms with Crippen LogP contribution in [-0.2, 0) is 14.0 Å². The predicted molar refractivity (Wildman–Crippen MR) is 143 cm³/mol. The molecule has 1 aliphatic rings. The van der Waals surface area contributed by atoms with Crippen molar-refractivity contribution in [3.8, 4) is 11.1 Å². The Balaban J connectivity index is 1.80. The maximum Gasteiger partial charge on any atom is 0.310 e. The van der Waals surface area contributed by atoms with Gasteiger partial charge in [0.25, 0.3) is 0 Å². The number of para-hydroxylation sites is 1. The van der Waals surface area contributed by atoms with E-state index in [9.17, 15) is 14.0 Å². The van der Waals surface area contributed by atoms with Crippen molar-refractivity contribution in [3.63, 3.8) is 0 Å². The third kappa shape index (κ3) is 6.74. The van der Waals surface area contributed by atoms with Crippen LogP contribution in [0.15, 0.2) is 54.6 Å². The number of hydrogen-bond acceptors (Lipinski definition) is 4. The largest absolute Gasteiger partial charge is 0.481 e. The Morgan fingerprint density at radius 1 is 1.17 bits per heavy atom. The molecule has 3 aromatic rings. The fraction of sp³-hybridized carbons (Fsp3) is 0.345. The van der Waals surface area contributed by atoms with Crippen molar-refractivity contribution in [2.24, 2.45) is 0 Å². The smallest absolute Gasteiger partial charge is 0.310 e. The number of fused-ring (bicyclic) bond motifs is 1. The summed E-state index contributed by atoms with van der Waals surface area (Å²) < 4.78 is 20.0. The lowest BCUT2D eigenvalue weighted by atomic mass is 9.92. The normalized spacial score (nSPS) is 15.2. The Bertz CT molecular complexity index is 1290. The molecule has 1 aromatic heterocycles. The molecule has 0 bridgehead atoms. The van der Waals surface area contributed by atoms with Crippen LogP contribution in [-0.4, -0.2) is 37.7 Å². The lowest BCUT2D eigenvalue weighted by Crippen LogP contribution is -2.23. The number of pyridine rings is 1. The Kier molecular flexibility index (Phi) is 7.81. The minimum atomic E-state index is -1.14. The number of carbonyl (C=O) groups is 2. The van der Waals surface area contributed by atoms with Gasteiger partial charge >= 0.3 is 5.97 Å². The second-order valence-corrected chi connectivity index (χ2v) is 13.4. The Hall–Kier alpha value is -3.16. The average Bonchev–Trinajstić information content (AvgIpc) is 3.65. The Morgan fingerprint density at radius 2 is 1.86 bits per heavy atom. The van der Waals surface area contributed by atoms with Crippen LogP contribution in [0.5, 0.6) is 0 Å². The summed E-state index contributed by atoms with van der Waals surface area (Å²) in [6, 6.07) is 14.4. The number of aromatic nitrogens is 1. The number of carboxylic acid groups (broad SMARTS) is 1. The molecule has 0 saturated heterocycles. The van der Waals surface area contributed by atoms with Gasteiger partial charge in [0.15, 0.2) is 9.76 Å². The molecule has 0 spiro atoms. The molecule has 1 saturated carbocycles. The highest BCUT2D eigenvalue weighted by atomic mass is 28.2. The van der Waals surface area contributed by atoms with Crippen molar-refractivity contribution < 1.29 is 23.5 Å². The molecule has 1 heterocycles. The minimum absolute atomic E-state index is 0.0114. The van der Waals surface area contributed by atoms with Crippen LogP contribution in [0.1, 0.15) is 63.6 Å². The molecule has 0 radical (unpaired) electrons. The van der Waals surface area contributed by atoms with Crippen molar-refractivity contribution in [1.29, 1.82) is 0 Å². The zero-order valence-electron chi connectivity index (χ0n) is 21.0. The van der Waals surface area contributed by atoms with Gasteiger partial charge in [0, 0.05) is 28.9 Å². The summed E-state index contributed by atoms with van der Waals surface area (Å²) in [4.78, 5) is 28.4. The van der Waals surface area contributed by atoms with Crippen LogP contribution >= 0.6 is 0 Å². The SMILES string of the molecule is CC(C)(C)[SiH2]O[C@H](C=Cc1c(C2CC2)nc2ccccc2c1-c1ccc(F)cc1)CC(=O)CC(=O)O. The number of hydrogen-bond donors (Lipinski definition) is 1. The highest BCUT2D eigenvalue weighted by molar-refractivity contribution is 6.31. The zero-order valence-corrected chi connectivity index (χ0v) is 22.4.